The van der Waals surface area contributed by atoms with Crippen LogP contribution in [0.15, 0.2) is 48.8 Å². The molecule has 1 atom stereocenters. The van der Waals surface area contributed by atoms with Crippen LogP contribution in [0.4, 0.5) is 4.39 Å². The number of fused-ring (bicyclic) bond motifs is 1. The van der Waals surface area contributed by atoms with Crippen LogP contribution in [0, 0.1) is 11.7 Å². The van der Waals surface area contributed by atoms with E-state index in [1.807, 2.05) is 42.4 Å². The maximum absolute atomic E-state index is 14.2. The standard InChI is InChI=1S/C18H22FN3O.C7H11NO/c19-15-4-1-5-16-17(15)13(10-21-16)11-22(14-6-7-14)18(23)12-3-2-8-20-9-12;1-8(2)6-4-3-5-7-9/h1,4-5,10,12,14,20-21H,2-3,6-9,11H2;3-7H,1-2H3/b;5-3-,6-4-. The Balaban J connectivity index is 0.000000275. The number of H-pyrrole nitrogens is 1. The molecule has 7 heteroatoms. The van der Waals surface area contributed by atoms with Crippen molar-refractivity contribution in [1.82, 2.24) is 20.1 Å². The molecule has 6 nitrogen and oxygen atoms in total. The molecule has 1 saturated carbocycles. The van der Waals surface area contributed by atoms with Crippen LogP contribution >= 0.6 is 0 Å². The second kappa shape index (κ2) is 11.6. The molecule has 1 saturated heterocycles. The lowest BCUT2D eigenvalue weighted by Gasteiger charge is -2.29. The van der Waals surface area contributed by atoms with Crippen LogP contribution in [0.25, 0.3) is 10.9 Å². The predicted octanol–water partition coefficient (Wildman–Crippen LogP) is 3.61. The van der Waals surface area contributed by atoms with Crippen molar-refractivity contribution in [1.29, 1.82) is 0 Å². The minimum absolute atomic E-state index is 0.0689. The molecule has 0 bridgehead atoms. The summed E-state index contributed by atoms with van der Waals surface area (Å²) in [6.07, 6.45) is 13.5. The van der Waals surface area contributed by atoms with Gasteiger partial charge in [-0.3, -0.25) is 9.59 Å². The predicted molar refractivity (Wildman–Crippen MR) is 125 cm³/mol. The lowest BCUT2D eigenvalue weighted by Crippen LogP contribution is -2.43. The third-order valence-corrected chi connectivity index (χ3v) is 5.68. The first-order valence-electron chi connectivity index (χ1n) is 11.2. The maximum atomic E-state index is 14.2. The van der Waals surface area contributed by atoms with E-state index < -0.39 is 0 Å². The van der Waals surface area contributed by atoms with Crippen molar-refractivity contribution in [2.45, 2.75) is 38.3 Å². The monoisotopic (exact) mass is 440 g/mol. The van der Waals surface area contributed by atoms with E-state index in [2.05, 4.69) is 10.3 Å². The first-order valence-corrected chi connectivity index (χ1v) is 11.2. The number of carbonyl (C=O) groups excluding carboxylic acids is 2. The summed E-state index contributed by atoms with van der Waals surface area (Å²) in [6, 6.07) is 5.39. The average Bonchev–Trinajstić information content (AvgIpc) is 3.55. The van der Waals surface area contributed by atoms with Crippen molar-refractivity contribution in [2.24, 2.45) is 5.92 Å². The van der Waals surface area contributed by atoms with Crippen molar-refractivity contribution in [2.75, 3.05) is 27.2 Å². The number of aromatic nitrogens is 1. The van der Waals surface area contributed by atoms with Crippen LogP contribution in [-0.4, -0.2) is 60.2 Å². The van der Waals surface area contributed by atoms with Gasteiger partial charge in [-0.25, -0.2) is 4.39 Å². The van der Waals surface area contributed by atoms with Crippen LogP contribution in [0.1, 0.15) is 31.2 Å². The molecule has 2 aliphatic rings. The van der Waals surface area contributed by atoms with E-state index in [1.54, 1.807) is 18.2 Å². The van der Waals surface area contributed by atoms with Crippen LogP contribution in [-0.2, 0) is 16.1 Å². The summed E-state index contributed by atoms with van der Waals surface area (Å²) >= 11 is 0. The zero-order valence-electron chi connectivity index (χ0n) is 18.9. The normalized spacial score (nSPS) is 18.5. The van der Waals surface area contributed by atoms with Crippen molar-refractivity contribution in [3.63, 3.8) is 0 Å². The van der Waals surface area contributed by atoms with Gasteiger partial charge in [0.25, 0.3) is 0 Å². The van der Waals surface area contributed by atoms with Crippen molar-refractivity contribution in [3.05, 3.63) is 60.2 Å². The van der Waals surface area contributed by atoms with Gasteiger partial charge >= 0.3 is 0 Å². The molecule has 172 valence electrons. The van der Waals surface area contributed by atoms with E-state index in [1.165, 1.54) is 12.1 Å². The highest BCUT2D eigenvalue weighted by atomic mass is 19.1. The summed E-state index contributed by atoms with van der Waals surface area (Å²) in [5.41, 5.74) is 1.67. The molecule has 2 aromatic rings. The molecule has 0 radical (unpaired) electrons. The minimum atomic E-state index is -0.221. The summed E-state index contributed by atoms with van der Waals surface area (Å²) in [6.45, 7) is 2.27. The van der Waals surface area contributed by atoms with Gasteiger partial charge < -0.3 is 20.1 Å². The van der Waals surface area contributed by atoms with E-state index in [0.29, 0.717) is 18.0 Å². The van der Waals surface area contributed by atoms with Gasteiger partial charge in [0.05, 0.1) is 5.92 Å². The number of allylic oxidation sites excluding steroid dienone is 3. The molecule has 1 unspecified atom stereocenters. The number of aromatic amines is 1. The molecule has 2 heterocycles. The lowest BCUT2D eigenvalue weighted by atomic mass is 9.97. The summed E-state index contributed by atoms with van der Waals surface area (Å²) in [5, 5.41) is 3.93. The van der Waals surface area contributed by atoms with Crippen LogP contribution in [0.3, 0.4) is 0 Å². The Kier molecular flexibility index (Phi) is 8.62. The number of amides is 1. The van der Waals surface area contributed by atoms with Gasteiger partial charge in [0.15, 0.2) is 0 Å². The highest BCUT2D eigenvalue weighted by Gasteiger charge is 2.36. The molecular formula is C25H33FN4O2. The number of piperidine rings is 1. The Labute approximate surface area is 189 Å². The number of halogens is 1. The van der Waals surface area contributed by atoms with Gasteiger partial charge in [-0.05, 0) is 68.3 Å². The first kappa shape index (κ1) is 23.7. The van der Waals surface area contributed by atoms with Gasteiger partial charge in [0, 0.05) is 50.3 Å². The van der Waals surface area contributed by atoms with Crippen molar-refractivity contribution >= 4 is 23.1 Å². The number of carbonyl (C=O) groups is 2. The molecule has 1 aromatic carbocycles. The Bertz CT molecular complexity index is 956. The molecule has 2 fully saturated rings. The van der Waals surface area contributed by atoms with E-state index in [4.69, 9.17) is 0 Å². The molecule has 1 aliphatic heterocycles. The molecule has 1 aromatic heterocycles. The largest absolute Gasteiger partial charge is 0.383 e. The number of aldehydes is 1. The van der Waals surface area contributed by atoms with Gasteiger partial charge in [0.2, 0.25) is 5.91 Å². The van der Waals surface area contributed by atoms with Crippen molar-refractivity contribution in [3.8, 4) is 0 Å². The Morgan fingerprint density at radius 2 is 2.00 bits per heavy atom. The number of hydrogen-bond acceptors (Lipinski definition) is 4. The molecule has 1 aliphatic carbocycles. The summed E-state index contributed by atoms with van der Waals surface area (Å²) in [4.78, 5) is 29.6. The zero-order valence-corrected chi connectivity index (χ0v) is 18.9. The van der Waals surface area contributed by atoms with E-state index in [9.17, 15) is 14.0 Å². The number of rotatable bonds is 7. The minimum Gasteiger partial charge on any atom is -0.383 e. The van der Waals surface area contributed by atoms with Crippen LogP contribution in [0.5, 0.6) is 0 Å². The highest BCUT2D eigenvalue weighted by molar-refractivity contribution is 5.85. The summed E-state index contributed by atoms with van der Waals surface area (Å²) in [7, 11) is 3.84. The molecule has 32 heavy (non-hydrogen) atoms. The molecule has 0 spiro atoms. The Morgan fingerprint density at radius 1 is 1.19 bits per heavy atom. The van der Waals surface area contributed by atoms with E-state index >= 15 is 0 Å². The van der Waals surface area contributed by atoms with Crippen LogP contribution in [0.2, 0.25) is 0 Å². The fourth-order valence-electron chi connectivity index (χ4n) is 3.92. The van der Waals surface area contributed by atoms with Crippen molar-refractivity contribution < 1.29 is 14.0 Å². The highest BCUT2D eigenvalue weighted by Crippen LogP contribution is 2.32. The second-order valence-electron chi connectivity index (χ2n) is 8.54. The lowest BCUT2D eigenvalue weighted by molar-refractivity contribution is -0.137. The summed E-state index contributed by atoms with van der Waals surface area (Å²) in [5.74, 6) is 0.0751. The fraction of sp³-hybridized carbons (Fsp3) is 0.440. The molecular weight excluding hydrogens is 407 g/mol. The Morgan fingerprint density at radius 3 is 2.66 bits per heavy atom. The van der Waals surface area contributed by atoms with Crippen LogP contribution < -0.4 is 5.32 Å². The average molecular weight is 441 g/mol. The second-order valence-corrected chi connectivity index (χ2v) is 8.54. The fourth-order valence-corrected chi connectivity index (χ4v) is 3.92. The quantitative estimate of drug-likeness (QED) is 0.392. The van der Waals surface area contributed by atoms with Gasteiger partial charge in [-0.2, -0.15) is 0 Å². The third-order valence-electron chi connectivity index (χ3n) is 5.68. The number of nitrogens with zero attached hydrogens (tertiary/aromatic N) is 2. The topological polar surface area (TPSA) is 68.4 Å². The van der Waals surface area contributed by atoms with Gasteiger partial charge in [-0.1, -0.05) is 12.1 Å². The van der Waals surface area contributed by atoms with Gasteiger partial charge in [-0.15, -0.1) is 0 Å². The number of benzene rings is 1. The smallest absolute Gasteiger partial charge is 0.227 e. The number of nitrogens with one attached hydrogen (secondary N) is 2. The zero-order chi connectivity index (χ0) is 22.9. The Hall–Kier alpha value is -2.93. The van der Waals surface area contributed by atoms with Gasteiger partial charge in [0.1, 0.15) is 12.1 Å². The molecule has 2 N–H and O–H groups in total. The number of hydrogen-bond donors (Lipinski definition) is 2. The SMILES string of the molecule is CN(C)/C=C\C=C/C=O.O=C(C1CCCNC1)N(Cc1c[nH]c2cccc(F)c12)C1CC1. The molecule has 4 rings (SSSR count). The maximum Gasteiger partial charge on any atom is 0.227 e. The molecule has 1 amide bonds. The summed E-state index contributed by atoms with van der Waals surface area (Å²) < 4.78 is 14.2. The first-order chi connectivity index (χ1) is 15.5. The van der Waals surface area contributed by atoms with E-state index in [0.717, 1.165) is 56.1 Å². The van der Waals surface area contributed by atoms with E-state index in [-0.39, 0.29) is 17.6 Å². The third kappa shape index (κ3) is 6.53.